The van der Waals surface area contributed by atoms with Crippen LogP contribution >= 0.6 is 0 Å². The Morgan fingerprint density at radius 2 is 0.767 bits per heavy atom. The van der Waals surface area contributed by atoms with Crippen molar-refractivity contribution in [2.24, 2.45) is 5.92 Å². The number of carboxylic acid groups (broad SMARTS) is 1. The summed E-state index contributed by atoms with van der Waals surface area (Å²) < 4.78 is 0. The average molecular weight is 425 g/mol. The Bertz CT molecular complexity index is 340. The monoisotopic (exact) mass is 424 g/mol. The van der Waals surface area contributed by atoms with E-state index in [0.717, 1.165) is 19.3 Å². The number of hydrogen-bond donors (Lipinski definition) is 1. The summed E-state index contributed by atoms with van der Waals surface area (Å²) >= 11 is 0. The third kappa shape index (κ3) is 22.2. The topological polar surface area (TPSA) is 37.3 Å². The first-order valence-electron chi connectivity index (χ1n) is 13.9. The van der Waals surface area contributed by atoms with Crippen molar-refractivity contribution in [1.82, 2.24) is 0 Å². The molecule has 0 spiro atoms. The SMILES string of the molecule is CCCCCCCCCCCCCCCCCCCCCCCCC(CC)C(=O)O. The lowest BCUT2D eigenvalue weighted by molar-refractivity contribution is -0.142. The standard InChI is InChI=1S/C28H56O2/c1-3-5-6-7-8-9-10-11-12-13-14-15-16-17-18-19-20-21-22-23-24-25-26-27(4-2)28(29)30/h27H,3-26H2,1-2H3,(H,29,30). The molecule has 2 heteroatoms. The van der Waals surface area contributed by atoms with Crippen molar-refractivity contribution in [1.29, 1.82) is 0 Å². The highest BCUT2D eigenvalue weighted by Gasteiger charge is 2.13. The number of carboxylic acids is 1. The summed E-state index contributed by atoms with van der Waals surface area (Å²) in [4.78, 5) is 11.0. The number of hydrogen-bond acceptors (Lipinski definition) is 1. The summed E-state index contributed by atoms with van der Waals surface area (Å²) in [5.74, 6) is -0.726. The third-order valence-electron chi connectivity index (χ3n) is 6.75. The van der Waals surface area contributed by atoms with Crippen molar-refractivity contribution in [3.8, 4) is 0 Å². The molecule has 0 aromatic carbocycles. The zero-order valence-corrected chi connectivity index (χ0v) is 20.9. The fraction of sp³-hybridized carbons (Fsp3) is 0.964. The minimum absolute atomic E-state index is 0.116. The van der Waals surface area contributed by atoms with Gasteiger partial charge < -0.3 is 5.11 Å². The lowest BCUT2D eigenvalue weighted by Gasteiger charge is -2.08. The Hall–Kier alpha value is -0.530. The van der Waals surface area contributed by atoms with E-state index >= 15 is 0 Å². The molecule has 30 heavy (non-hydrogen) atoms. The smallest absolute Gasteiger partial charge is 0.306 e. The largest absolute Gasteiger partial charge is 0.481 e. The van der Waals surface area contributed by atoms with Crippen molar-refractivity contribution in [2.45, 2.75) is 168 Å². The van der Waals surface area contributed by atoms with E-state index in [4.69, 9.17) is 5.11 Å². The van der Waals surface area contributed by atoms with Crippen LogP contribution in [0.1, 0.15) is 168 Å². The van der Waals surface area contributed by atoms with Gasteiger partial charge in [0.1, 0.15) is 0 Å². The molecule has 180 valence electrons. The predicted octanol–water partition coefficient (Wildman–Crippen LogP) is 10.1. The van der Waals surface area contributed by atoms with E-state index in [1.54, 1.807) is 0 Å². The molecule has 0 aromatic rings. The highest BCUT2D eigenvalue weighted by Crippen LogP contribution is 2.17. The Morgan fingerprint density at radius 3 is 1.00 bits per heavy atom. The van der Waals surface area contributed by atoms with E-state index in [1.165, 1.54) is 135 Å². The zero-order valence-electron chi connectivity index (χ0n) is 20.9. The van der Waals surface area contributed by atoms with Gasteiger partial charge in [0.05, 0.1) is 5.92 Å². The molecule has 0 amide bonds. The summed E-state index contributed by atoms with van der Waals surface area (Å²) in [6, 6.07) is 0. The first-order chi connectivity index (χ1) is 14.7. The molecule has 2 nitrogen and oxygen atoms in total. The molecule has 0 aromatic heterocycles. The average Bonchev–Trinajstić information content (AvgIpc) is 2.74. The highest BCUT2D eigenvalue weighted by atomic mass is 16.4. The number of carbonyl (C=O) groups is 1. The zero-order chi connectivity index (χ0) is 22.1. The Labute approximate surface area is 190 Å². The second-order valence-corrected chi connectivity index (χ2v) is 9.66. The summed E-state index contributed by atoms with van der Waals surface area (Å²) in [7, 11) is 0. The van der Waals surface area contributed by atoms with Gasteiger partial charge in [0.2, 0.25) is 0 Å². The maximum Gasteiger partial charge on any atom is 0.306 e. The lowest BCUT2D eigenvalue weighted by atomic mass is 9.98. The molecule has 0 radical (unpaired) electrons. The Balaban J connectivity index is 3.09. The van der Waals surface area contributed by atoms with Gasteiger partial charge >= 0.3 is 5.97 Å². The van der Waals surface area contributed by atoms with Gasteiger partial charge in [0.15, 0.2) is 0 Å². The van der Waals surface area contributed by atoms with E-state index < -0.39 is 5.97 Å². The number of aliphatic carboxylic acids is 1. The van der Waals surface area contributed by atoms with Gasteiger partial charge in [0, 0.05) is 0 Å². The maximum atomic E-state index is 11.0. The molecule has 0 rings (SSSR count). The van der Waals surface area contributed by atoms with Gasteiger partial charge in [-0.3, -0.25) is 4.79 Å². The van der Waals surface area contributed by atoms with E-state index in [9.17, 15) is 4.79 Å². The molecular weight excluding hydrogens is 368 g/mol. The normalized spacial score (nSPS) is 12.3. The Morgan fingerprint density at radius 1 is 0.500 bits per heavy atom. The molecule has 1 unspecified atom stereocenters. The molecule has 0 heterocycles. The quantitative estimate of drug-likeness (QED) is 0.148. The van der Waals surface area contributed by atoms with E-state index in [1.807, 2.05) is 6.92 Å². The fourth-order valence-electron chi connectivity index (χ4n) is 4.50. The van der Waals surface area contributed by atoms with Crippen LogP contribution in [0.15, 0.2) is 0 Å². The maximum absolute atomic E-state index is 11.0. The predicted molar refractivity (Wildman–Crippen MR) is 133 cm³/mol. The van der Waals surface area contributed by atoms with Gasteiger partial charge in [0.25, 0.3) is 0 Å². The van der Waals surface area contributed by atoms with Gasteiger partial charge in [-0.25, -0.2) is 0 Å². The van der Waals surface area contributed by atoms with Crippen molar-refractivity contribution in [3.63, 3.8) is 0 Å². The fourth-order valence-corrected chi connectivity index (χ4v) is 4.50. The molecule has 0 bridgehead atoms. The van der Waals surface area contributed by atoms with E-state index in [2.05, 4.69) is 6.92 Å². The molecule has 0 aliphatic heterocycles. The van der Waals surface area contributed by atoms with Gasteiger partial charge in [-0.05, 0) is 12.8 Å². The van der Waals surface area contributed by atoms with Crippen LogP contribution in [0, 0.1) is 5.92 Å². The molecule has 1 N–H and O–H groups in total. The van der Waals surface area contributed by atoms with Crippen molar-refractivity contribution < 1.29 is 9.90 Å². The summed E-state index contributed by atoms with van der Waals surface area (Å²) in [6.07, 6.45) is 32.4. The minimum Gasteiger partial charge on any atom is -0.481 e. The molecule has 0 aliphatic rings. The lowest BCUT2D eigenvalue weighted by Crippen LogP contribution is -2.12. The molecule has 1 atom stereocenters. The first kappa shape index (κ1) is 29.5. The van der Waals surface area contributed by atoms with Crippen LogP contribution in [0.4, 0.5) is 0 Å². The molecule has 0 fully saturated rings. The minimum atomic E-state index is -0.610. The molecular formula is C28H56O2. The van der Waals surface area contributed by atoms with E-state index in [0.29, 0.717) is 0 Å². The number of rotatable bonds is 25. The molecule has 0 saturated carbocycles. The third-order valence-corrected chi connectivity index (χ3v) is 6.75. The van der Waals surface area contributed by atoms with Crippen LogP contribution in [0.25, 0.3) is 0 Å². The van der Waals surface area contributed by atoms with Crippen LogP contribution in [0.5, 0.6) is 0 Å². The van der Waals surface area contributed by atoms with Crippen LogP contribution in [0.2, 0.25) is 0 Å². The van der Waals surface area contributed by atoms with Gasteiger partial charge in [-0.1, -0.05) is 155 Å². The second-order valence-electron chi connectivity index (χ2n) is 9.66. The highest BCUT2D eigenvalue weighted by molar-refractivity contribution is 5.69. The molecule has 0 aliphatic carbocycles. The van der Waals surface area contributed by atoms with Crippen LogP contribution in [-0.4, -0.2) is 11.1 Å². The summed E-state index contributed by atoms with van der Waals surface area (Å²) in [5, 5.41) is 9.04. The van der Waals surface area contributed by atoms with Gasteiger partial charge in [-0.2, -0.15) is 0 Å². The number of unbranched alkanes of at least 4 members (excludes halogenated alkanes) is 21. The second kappa shape index (κ2) is 24.7. The van der Waals surface area contributed by atoms with Crippen molar-refractivity contribution >= 4 is 5.97 Å². The van der Waals surface area contributed by atoms with Gasteiger partial charge in [-0.15, -0.1) is 0 Å². The van der Waals surface area contributed by atoms with Crippen LogP contribution in [-0.2, 0) is 4.79 Å². The summed E-state index contributed by atoms with van der Waals surface area (Å²) in [5.41, 5.74) is 0. The summed E-state index contributed by atoms with van der Waals surface area (Å²) in [6.45, 7) is 4.27. The van der Waals surface area contributed by atoms with Crippen molar-refractivity contribution in [3.05, 3.63) is 0 Å². The van der Waals surface area contributed by atoms with Crippen molar-refractivity contribution in [2.75, 3.05) is 0 Å². The molecule has 0 saturated heterocycles. The van der Waals surface area contributed by atoms with Crippen LogP contribution in [0.3, 0.4) is 0 Å². The van der Waals surface area contributed by atoms with E-state index in [-0.39, 0.29) is 5.92 Å². The first-order valence-corrected chi connectivity index (χ1v) is 13.9. The van der Waals surface area contributed by atoms with Crippen LogP contribution < -0.4 is 0 Å². The Kier molecular flexibility index (Phi) is 24.3.